The van der Waals surface area contributed by atoms with Gasteiger partial charge in [-0.15, -0.1) is 0 Å². The minimum absolute atomic E-state index is 0.0373. The van der Waals surface area contributed by atoms with Gasteiger partial charge in [0, 0.05) is 6.20 Å². The molecule has 90 valence electrons. The average Bonchev–Trinajstić information content (AvgIpc) is 2.13. The number of nitrogens with one attached hydrogen (secondary N) is 1. The zero-order chi connectivity index (χ0) is 12.2. The quantitative estimate of drug-likeness (QED) is 0.395. The van der Waals surface area contributed by atoms with E-state index in [0.29, 0.717) is 4.64 Å². The van der Waals surface area contributed by atoms with Crippen molar-refractivity contribution in [2.45, 2.75) is 6.54 Å². The molecule has 0 amide bonds. The molecule has 7 nitrogen and oxygen atoms in total. The second-order valence-corrected chi connectivity index (χ2v) is 5.03. The number of nitrogens with zero attached hydrogens (tertiary/aromatic N) is 1. The molecule has 9 heteroatoms. The second kappa shape index (κ2) is 5.51. The van der Waals surface area contributed by atoms with Gasteiger partial charge in [-0.1, -0.05) is 12.2 Å². The van der Waals surface area contributed by atoms with E-state index >= 15 is 0 Å². The van der Waals surface area contributed by atoms with Crippen molar-refractivity contribution >= 4 is 19.8 Å². The Morgan fingerprint density at radius 3 is 2.81 bits per heavy atom. The number of aromatic nitrogens is 2. The Bertz CT molecular complexity index is 504. The first-order valence-corrected chi connectivity index (χ1v) is 6.51. The van der Waals surface area contributed by atoms with Gasteiger partial charge in [0.1, 0.15) is 11.0 Å². The van der Waals surface area contributed by atoms with E-state index in [4.69, 9.17) is 26.7 Å². The van der Waals surface area contributed by atoms with E-state index in [9.17, 15) is 9.36 Å². The fourth-order valence-corrected chi connectivity index (χ4v) is 1.48. The molecule has 0 atom stereocenters. The first-order valence-electron chi connectivity index (χ1n) is 4.30. The summed E-state index contributed by atoms with van der Waals surface area (Å²) < 4.78 is 16.8. The molecule has 1 aromatic heterocycles. The normalized spacial score (nSPS) is 11.6. The Hall–Kier alpha value is -0.790. The minimum Gasteiger partial charge on any atom is -0.367 e. The van der Waals surface area contributed by atoms with Crippen LogP contribution in [0, 0.1) is 4.64 Å². The summed E-state index contributed by atoms with van der Waals surface area (Å²) in [6.07, 6.45) is 0.840. The lowest BCUT2D eigenvalue weighted by atomic mass is 10.6. The Labute approximate surface area is 95.9 Å². The second-order valence-electron chi connectivity index (χ2n) is 3.01. The van der Waals surface area contributed by atoms with Gasteiger partial charge in [-0.25, -0.2) is 4.79 Å². The van der Waals surface area contributed by atoms with Crippen LogP contribution in [0.2, 0.25) is 0 Å². The summed E-state index contributed by atoms with van der Waals surface area (Å²) >= 11 is 4.74. The molecule has 0 spiro atoms. The van der Waals surface area contributed by atoms with Gasteiger partial charge in [0.15, 0.2) is 0 Å². The predicted octanol–water partition coefficient (Wildman–Crippen LogP) is 0.0577. The average molecular weight is 266 g/mol. The molecule has 0 fully saturated rings. The zero-order valence-corrected chi connectivity index (χ0v) is 9.91. The molecule has 0 saturated heterocycles. The standard InChI is InChI=1S/C7H11N2O5PS/c10-7-8-6(16)1-2-9(7)3-4-14-5-15(11,12)13/h1-2H,3-5H2,(H,8,10,16)(H2,11,12,13). The summed E-state index contributed by atoms with van der Waals surface area (Å²) in [7, 11) is -4.14. The highest BCUT2D eigenvalue weighted by atomic mass is 32.1. The Kier molecular flexibility index (Phi) is 4.57. The van der Waals surface area contributed by atoms with Crippen LogP contribution < -0.4 is 5.69 Å². The summed E-state index contributed by atoms with van der Waals surface area (Å²) in [4.78, 5) is 30.7. The smallest absolute Gasteiger partial charge is 0.350 e. The summed E-state index contributed by atoms with van der Waals surface area (Å²) in [6, 6.07) is 1.54. The van der Waals surface area contributed by atoms with E-state index in [1.165, 1.54) is 10.8 Å². The number of hydrogen-bond donors (Lipinski definition) is 3. The van der Waals surface area contributed by atoms with Crippen LogP contribution in [0.4, 0.5) is 0 Å². The summed E-state index contributed by atoms with van der Waals surface area (Å²) in [5.74, 6) is 0. The van der Waals surface area contributed by atoms with E-state index in [0.717, 1.165) is 0 Å². The number of hydrogen-bond acceptors (Lipinski definition) is 4. The van der Waals surface area contributed by atoms with Crippen LogP contribution in [0.15, 0.2) is 17.1 Å². The van der Waals surface area contributed by atoms with E-state index in [-0.39, 0.29) is 18.8 Å². The van der Waals surface area contributed by atoms with Crippen LogP contribution >= 0.6 is 19.8 Å². The van der Waals surface area contributed by atoms with Crippen molar-refractivity contribution < 1.29 is 19.1 Å². The van der Waals surface area contributed by atoms with Crippen molar-refractivity contribution in [1.82, 2.24) is 9.55 Å². The molecule has 0 saturated carbocycles. The van der Waals surface area contributed by atoms with Gasteiger partial charge in [-0.3, -0.25) is 14.1 Å². The molecule has 0 aliphatic carbocycles. The summed E-state index contributed by atoms with van der Waals surface area (Å²) in [6.45, 7) is 0.237. The Morgan fingerprint density at radius 2 is 2.25 bits per heavy atom. The monoisotopic (exact) mass is 266 g/mol. The molecule has 0 bridgehead atoms. The third-order valence-electron chi connectivity index (χ3n) is 1.63. The van der Waals surface area contributed by atoms with Gasteiger partial charge in [-0.2, -0.15) is 0 Å². The largest absolute Gasteiger partial charge is 0.367 e. The lowest BCUT2D eigenvalue weighted by Crippen LogP contribution is -2.24. The van der Waals surface area contributed by atoms with Crippen molar-refractivity contribution in [3.05, 3.63) is 27.4 Å². The van der Waals surface area contributed by atoms with Crippen LogP contribution in [0.5, 0.6) is 0 Å². The zero-order valence-electron chi connectivity index (χ0n) is 8.20. The van der Waals surface area contributed by atoms with Crippen LogP contribution in [-0.2, 0) is 15.8 Å². The van der Waals surface area contributed by atoms with Gasteiger partial charge >= 0.3 is 13.3 Å². The van der Waals surface area contributed by atoms with Gasteiger partial charge in [0.05, 0.1) is 13.2 Å². The number of aromatic amines is 1. The van der Waals surface area contributed by atoms with Crippen LogP contribution in [0.25, 0.3) is 0 Å². The maximum atomic E-state index is 11.3. The van der Waals surface area contributed by atoms with Crippen molar-refractivity contribution in [3.63, 3.8) is 0 Å². The van der Waals surface area contributed by atoms with Crippen LogP contribution in [0.3, 0.4) is 0 Å². The Balaban J connectivity index is 2.47. The molecule has 0 aliphatic heterocycles. The third kappa shape index (κ3) is 4.82. The van der Waals surface area contributed by atoms with E-state index in [2.05, 4.69) is 4.98 Å². The SMILES string of the molecule is O=c1[nH]c(=S)ccn1CCOCP(=O)(O)O. The molecule has 0 unspecified atom stereocenters. The van der Waals surface area contributed by atoms with Crippen molar-refractivity contribution in [1.29, 1.82) is 0 Å². The van der Waals surface area contributed by atoms with E-state index in [1.807, 2.05) is 0 Å². The molecule has 0 radical (unpaired) electrons. The molecular weight excluding hydrogens is 255 g/mol. The van der Waals surface area contributed by atoms with Crippen LogP contribution in [0.1, 0.15) is 0 Å². The topological polar surface area (TPSA) is 105 Å². The summed E-state index contributed by atoms with van der Waals surface area (Å²) in [5, 5.41) is 0. The fourth-order valence-electron chi connectivity index (χ4n) is 0.967. The molecule has 16 heavy (non-hydrogen) atoms. The first kappa shape index (κ1) is 13.3. The Morgan fingerprint density at radius 1 is 1.56 bits per heavy atom. The number of rotatable bonds is 5. The highest BCUT2D eigenvalue weighted by Crippen LogP contribution is 2.33. The number of ether oxygens (including phenoxy) is 1. The fraction of sp³-hybridized carbons (Fsp3) is 0.429. The highest BCUT2D eigenvalue weighted by Gasteiger charge is 2.12. The molecule has 0 aliphatic rings. The molecule has 1 rings (SSSR count). The van der Waals surface area contributed by atoms with Gasteiger partial charge in [0.25, 0.3) is 0 Å². The maximum Gasteiger partial charge on any atom is 0.350 e. The molecule has 0 aromatic carbocycles. The number of H-pyrrole nitrogens is 1. The maximum absolute atomic E-state index is 11.3. The molecule has 1 aromatic rings. The summed E-state index contributed by atoms with van der Waals surface area (Å²) in [5.41, 5.74) is -0.382. The van der Waals surface area contributed by atoms with Gasteiger partial charge < -0.3 is 14.5 Å². The molecular formula is C7H11N2O5PS. The van der Waals surface area contributed by atoms with Crippen molar-refractivity contribution in [3.8, 4) is 0 Å². The van der Waals surface area contributed by atoms with Crippen molar-refractivity contribution in [2.75, 3.05) is 13.0 Å². The molecule has 1 heterocycles. The highest BCUT2D eigenvalue weighted by molar-refractivity contribution is 7.71. The lowest BCUT2D eigenvalue weighted by molar-refractivity contribution is 0.147. The van der Waals surface area contributed by atoms with Crippen molar-refractivity contribution in [2.24, 2.45) is 0 Å². The lowest BCUT2D eigenvalue weighted by Gasteiger charge is -2.07. The van der Waals surface area contributed by atoms with Crippen LogP contribution in [-0.4, -0.2) is 32.3 Å². The molecule has 3 N–H and O–H groups in total. The predicted molar refractivity (Wildman–Crippen MR) is 58.7 cm³/mol. The minimum atomic E-state index is -4.14. The van der Waals surface area contributed by atoms with E-state index < -0.39 is 13.9 Å². The first-order chi connectivity index (χ1) is 7.38. The van der Waals surface area contributed by atoms with E-state index in [1.54, 1.807) is 6.07 Å². The van der Waals surface area contributed by atoms with Gasteiger partial charge in [-0.05, 0) is 6.07 Å². The van der Waals surface area contributed by atoms with Gasteiger partial charge in [0.2, 0.25) is 0 Å². The third-order valence-corrected chi connectivity index (χ3v) is 2.39.